The number of aliphatic carboxylic acids is 1. The predicted molar refractivity (Wildman–Crippen MR) is 74.0 cm³/mol. The molecule has 0 fully saturated rings. The molecule has 0 aromatic heterocycles. The summed E-state index contributed by atoms with van der Waals surface area (Å²) in [5.41, 5.74) is -0.188. The Morgan fingerprint density at radius 2 is 2.05 bits per heavy atom. The normalized spacial score (nSPS) is 12.8. The van der Waals surface area contributed by atoms with Gasteiger partial charge in [-0.05, 0) is 38.5 Å². The van der Waals surface area contributed by atoms with Gasteiger partial charge in [0, 0.05) is 11.4 Å². The molecule has 1 aromatic rings. The molecule has 0 bridgehead atoms. The van der Waals surface area contributed by atoms with E-state index in [1.807, 2.05) is 19.1 Å². The Kier molecular flexibility index (Phi) is 4.95. The highest BCUT2D eigenvalue weighted by Gasteiger charge is 2.30. The molecule has 0 aliphatic rings. The number of rotatable bonds is 5. The zero-order chi connectivity index (χ0) is 14.6. The van der Waals surface area contributed by atoms with Crippen molar-refractivity contribution in [2.24, 2.45) is 5.41 Å². The maximum atomic E-state index is 11.8. The second-order valence-electron chi connectivity index (χ2n) is 5.21. The van der Waals surface area contributed by atoms with Crippen LogP contribution in [0.2, 0.25) is 5.02 Å². The molecule has 1 aromatic carbocycles. The Morgan fingerprint density at radius 1 is 1.42 bits per heavy atom. The van der Waals surface area contributed by atoms with Gasteiger partial charge in [0.25, 0.3) is 0 Å². The molecule has 5 heteroatoms. The quantitative estimate of drug-likeness (QED) is 0.873. The molecule has 4 nitrogen and oxygen atoms in total. The van der Waals surface area contributed by atoms with E-state index in [2.05, 4.69) is 5.32 Å². The van der Waals surface area contributed by atoms with Crippen molar-refractivity contribution < 1.29 is 14.7 Å². The molecule has 0 aliphatic heterocycles. The Morgan fingerprint density at radius 3 is 2.58 bits per heavy atom. The Hall–Kier alpha value is -1.55. The van der Waals surface area contributed by atoms with Gasteiger partial charge in [-0.2, -0.15) is 0 Å². The number of carboxylic acid groups (broad SMARTS) is 1. The molecule has 0 radical (unpaired) electrons. The van der Waals surface area contributed by atoms with Crippen molar-refractivity contribution in [1.29, 1.82) is 0 Å². The summed E-state index contributed by atoms with van der Waals surface area (Å²) in [6.07, 6.45) is -0.0623. The number of carbonyl (C=O) groups excluding carboxylic acids is 1. The summed E-state index contributed by atoms with van der Waals surface area (Å²) < 4.78 is 0. The van der Waals surface area contributed by atoms with Crippen LogP contribution in [-0.2, 0) is 9.59 Å². The van der Waals surface area contributed by atoms with Crippen LogP contribution in [0.1, 0.15) is 38.8 Å². The number of nitrogens with one attached hydrogen (secondary N) is 1. The van der Waals surface area contributed by atoms with Crippen molar-refractivity contribution in [3.05, 3.63) is 34.9 Å². The SMILES string of the molecule is CC(NC(=O)CC(C)(C)C(=O)O)c1cccc(Cl)c1. The van der Waals surface area contributed by atoms with Crippen molar-refractivity contribution >= 4 is 23.5 Å². The van der Waals surface area contributed by atoms with Gasteiger partial charge in [0.15, 0.2) is 0 Å². The molecular formula is C14H18ClNO3. The van der Waals surface area contributed by atoms with Gasteiger partial charge in [0.1, 0.15) is 0 Å². The summed E-state index contributed by atoms with van der Waals surface area (Å²) in [6.45, 7) is 4.88. The maximum Gasteiger partial charge on any atom is 0.309 e. The highest BCUT2D eigenvalue weighted by Crippen LogP contribution is 2.22. The smallest absolute Gasteiger partial charge is 0.309 e. The molecule has 2 N–H and O–H groups in total. The molecule has 1 unspecified atom stereocenters. The second kappa shape index (κ2) is 6.06. The fraction of sp³-hybridized carbons (Fsp3) is 0.429. The van der Waals surface area contributed by atoms with E-state index in [-0.39, 0.29) is 18.4 Å². The first kappa shape index (κ1) is 15.5. The highest BCUT2D eigenvalue weighted by atomic mass is 35.5. The summed E-state index contributed by atoms with van der Waals surface area (Å²) in [5, 5.41) is 12.4. The topological polar surface area (TPSA) is 66.4 Å². The first-order chi connectivity index (χ1) is 8.72. The number of halogens is 1. The molecule has 0 aliphatic carbocycles. The minimum atomic E-state index is -1.07. The van der Waals surface area contributed by atoms with E-state index in [4.69, 9.17) is 16.7 Å². The molecule has 0 spiro atoms. The zero-order valence-corrected chi connectivity index (χ0v) is 12.0. The summed E-state index contributed by atoms with van der Waals surface area (Å²) in [6, 6.07) is 6.98. The van der Waals surface area contributed by atoms with Gasteiger partial charge in [0.05, 0.1) is 11.5 Å². The van der Waals surface area contributed by atoms with E-state index in [0.717, 1.165) is 5.56 Å². The summed E-state index contributed by atoms with van der Waals surface area (Å²) in [4.78, 5) is 22.8. The van der Waals surface area contributed by atoms with Crippen LogP contribution in [0.3, 0.4) is 0 Å². The van der Waals surface area contributed by atoms with Crippen LogP contribution >= 0.6 is 11.6 Å². The Balaban J connectivity index is 2.65. The zero-order valence-electron chi connectivity index (χ0n) is 11.2. The van der Waals surface area contributed by atoms with Gasteiger partial charge in [-0.1, -0.05) is 23.7 Å². The molecule has 1 atom stereocenters. The summed E-state index contributed by atoms with van der Waals surface area (Å²) >= 11 is 5.88. The van der Waals surface area contributed by atoms with Gasteiger partial charge < -0.3 is 10.4 Å². The minimum absolute atomic E-state index is 0.0623. The number of amides is 1. The van der Waals surface area contributed by atoms with Gasteiger partial charge in [-0.3, -0.25) is 9.59 Å². The van der Waals surface area contributed by atoms with Crippen LogP contribution in [0.5, 0.6) is 0 Å². The Bertz CT molecular complexity index is 485. The van der Waals surface area contributed by atoms with E-state index >= 15 is 0 Å². The van der Waals surface area contributed by atoms with Crippen molar-refractivity contribution in [3.63, 3.8) is 0 Å². The molecule has 0 saturated carbocycles. The third-order valence-corrected chi connectivity index (χ3v) is 3.14. The van der Waals surface area contributed by atoms with Crippen LogP contribution in [-0.4, -0.2) is 17.0 Å². The van der Waals surface area contributed by atoms with Gasteiger partial charge >= 0.3 is 5.97 Å². The maximum absolute atomic E-state index is 11.8. The number of benzene rings is 1. The number of hydrogen-bond donors (Lipinski definition) is 2. The van der Waals surface area contributed by atoms with Crippen LogP contribution in [0, 0.1) is 5.41 Å². The fourth-order valence-electron chi connectivity index (χ4n) is 1.63. The average Bonchev–Trinajstić information content (AvgIpc) is 2.27. The van der Waals surface area contributed by atoms with Crippen molar-refractivity contribution in [2.75, 3.05) is 0 Å². The predicted octanol–water partition coefficient (Wildman–Crippen LogP) is 3.02. The minimum Gasteiger partial charge on any atom is -0.481 e. The van der Waals surface area contributed by atoms with E-state index < -0.39 is 11.4 Å². The molecule has 0 heterocycles. The van der Waals surface area contributed by atoms with Gasteiger partial charge in [-0.25, -0.2) is 0 Å². The average molecular weight is 284 g/mol. The van der Waals surface area contributed by atoms with E-state index in [0.29, 0.717) is 5.02 Å². The molecule has 0 saturated heterocycles. The van der Waals surface area contributed by atoms with Crippen molar-refractivity contribution in [1.82, 2.24) is 5.32 Å². The first-order valence-corrected chi connectivity index (χ1v) is 6.38. The van der Waals surface area contributed by atoms with E-state index in [9.17, 15) is 9.59 Å². The van der Waals surface area contributed by atoms with Crippen LogP contribution in [0.25, 0.3) is 0 Å². The molecular weight excluding hydrogens is 266 g/mol. The highest BCUT2D eigenvalue weighted by molar-refractivity contribution is 6.30. The first-order valence-electron chi connectivity index (χ1n) is 6.00. The molecule has 1 amide bonds. The third kappa shape index (κ3) is 4.56. The van der Waals surface area contributed by atoms with Crippen LogP contribution < -0.4 is 5.32 Å². The van der Waals surface area contributed by atoms with Crippen LogP contribution in [0.4, 0.5) is 0 Å². The lowest BCUT2D eigenvalue weighted by Gasteiger charge is -2.20. The number of carbonyl (C=O) groups is 2. The lowest BCUT2D eigenvalue weighted by Crippen LogP contribution is -2.34. The Labute approximate surface area is 117 Å². The summed E-state index contributed by atoms with van der Waals surface area (Å²) in [5.74, 6) is -1.28. The van der Waals surface area contributed by atoms with Crippen molar-refractivity contribution in [2.45, 2.75) is 33.2 Å². The molecule has 19 heavy (non-hydrogen) atoms. The van der Waals surface area contributed by atoms with Crippen molar-refractivity contribution in [3.8, 4) is 0 Å². The standard InChI is InChI=1S/C14H18ClNO3/c1-9(10-5-4-6-11(15)7-10)16-12(17)8-14(2,3)13(18)19/h4-7,9H,8H2,1-3H3,(H,16,17)(H,18,19). The van der Waals surface area contributed by atoms with E-state index in [1.165, 1.54) is 13.8 Å². The second-order valence-corrected chi connectivity index (χ2v) is 5.65. The lowest BCUT2D eigenvalue weighted by atomic mass is 9.89. The molecule has 104 valence electrons. The number of carboxylic acids is 1. The lowest BCUT2D eigenvalue weighted by molar-refractivity contribution is -0.149. The van der Waals surface area contributed by atoms with Crippen LogP contribution in [0.15, 0.2) is 24.3 Å². The monoisotopic (exact) mass is 283 g/mol. The largest absolute Gasteiger partial charge is 0.481 e. The van der Waals surface area contributed by atoms with Gasteiger partial charge in [0.2, 0.25) is 5.91 Å². The fourth-order valence-corrected chi connectivity index (χ4v) is 1.83. The number of hydrogen-bond acceptors (Lipinski definition) is 2. The van der Waals surface area contributed by atoms with E-state index in [1.54, 1.807) is 12.1 Å². The molecule has 1 rings (SSSR count). The third-order valence-electron chi connectivity index (χ3n) is 2.91. The summed E-state index contributed by atoms with van der Waals surface area (Å²) in [7, 11) is 0. The van der Waals surface area contributed by atoms with Gasteiger partial charge in [-0.15, -0.1) is 0 Å².